The van der Waals surface area contributed by atoms with Crippen LogP contribution in [-0.4, -0.2) is 17.9 Å². The smallest absolute Gasteiger partial charge is 0.240 e. The Hall–Kier alpha value is -2.55. The van der Waals surface area contributed by atoms with Gasteiger partial charge in [0.15, 0.2) is 5.78 Å². The normalized spacial score (nSPS) is 9.55. The summed E-state index contributed by atoms with van der Waals surface area (Å²) in [5, 5.41) is 0.310. The number of aliphatic imine (C=N–C) groups is 2. The van der Waals surface area contributed by atoms with Gasteiger partial charge in [-0.1, -0.05) is 23.2 Å². The molecule has 0 saturated heterocycles. The van der Waals surface area contributed by atoms with Crippen LogP contribution in [0.3, 0.4) is 0 Å². The molecule has 22 heavy (non-hydrogen) atoms. The molecule has 0 saturated carbocycles. The number of halogens is 2. The molecular formula is C15H6Cl2N2O3. The van der Waals surface area contributed by atoms with Crippen LogP contribution in [0.1, 0.15) is 15.9 Å². The number of hydrogen-bond acceptors (Lipinski definition) is 5. The zero-order valence-electron chi connectivity index (χ0n) is 10.8. The molecule has 2 aromatic carbocycles. The highest BCUT2D eigenvalue weighted by Gasteiger charge is 2.13. The number of rotatable bonds is 4. The zero-order chi connectivity index (χ0) is 16.1. The monoisotopic (exact) mass is 332 g/mol. The molecule has 0 fully saturated rings. The average molecular weight is 333 g/mol. The van der Waals surface area contributed by atoms with E-state index >= 15 is 0 Å². The lowest BCUT2D eigenvalue weighted by Gasteiger charge is -2.04. The largest absolute Gasteiger partial charge is 0.289 e. The molecule has 0 aromatic heterocycles. The van der Waals surface area contributed by atoms with Gasteiger partial charge in [-0.2, -0.15) is 9.98 Å². The number of nitrogens with zero attached hydrogens (tertiary/aromatic N) is 2. The summed E-state index contributed by atoms with van der Waals surface area (Å²) in [5.41, 5.74) is 1.05. The van der Waals surface area contributed by atoms with Crippen molar-refractivity contribution in [3.8, 4) is 0 Å². The fourth-order valence-electron chi connectivity index (χ4n) is 1.74. The second-order valence-corrected chi connectivity index (χ2v) is 4.88. The van der Waals surface area contributed by atoms with Gasteiger partial charge in [-0.25, -0.2) is 9.59 Å². The molecule has 0 unspecified atom stereocenters. The molecule has 0 bridgehead atoms. The van der Waals surface area contributed by atoms with E-state index in [0.717, 1.165) is 0 Å². The second kappa shape index (κ2) is 6.94. The molecule has 2 rings (SSSR count). The van der Waals surface area contributed by atoms with E-state index in [2.05, 4.69) is 9.98 Å². The lowest BCUT2D eigenvalue weighted by Crippen LogP contribution is -2.01. The number of isocyanates is 2. The predicted molar refractivity (Wildman–Crippen MR) is 81.9 cm³/mol. The summed E-state index contributed by atoms with van der Waals surface area (Å²) >= 11 is 11.9. The van der Waals surface area contributed by atoms with Crippen LogP contribution >= 0.6 is 23.2 Å². The quantitative estimate of drug-likeness (QED) is 0.479. The van der Waals surface area contributed by atoms with Gasteiger partial charge < -0.3 is 0 Å². The van der Waals surface area contributed by atoms with Gasteiger partial charge in [-0.05, 0) is 36.4 Å². The molecule has 0 atom stereocenters. The third-order valence-electron chi connectivity index (χ3n) is 2.75. The Kier molecular flexibility index (Phi) is 4.99. The summed E-state index contributed by atoms with van der Waals surface area (Å²) in [4.78, 5) is 39.6. The highest BCUT2D eigenvalue weighted by atomic mass is 35.5. The van der Waals surface area contributed by atoms with Crippen molar-refractivity contribution in [1.29, 1.82) is 0 Å². The molecule has 0 amide bonds. The number of benzene rings is 2. The van der Waals surface area contributed by atoms with Gasteiger partial charge in [0.2, 0.25) is 12.2 Å². The minimum Gasteiger partial charge on any atom is -0.289 e. The lowest BCUT2D eigenvalue weighted by atomic mass is 10.0. The van der Waals surface area contributed by atoms with Gasteiger partial charge in [0, 0.05) is 11.1 Å². The standard InChI is InChI=1S/C15H6Cl2N2O3/c16-11-5-9(1-3-13(11)18-7-20)15(22)10-2-4-14(19-8-21)12(17)6-10/h1-6H. The van der Waals surface area contributed by atoms with Gasteiger partial charge in [0.05, 0.1) is 21.4 Å². The van der Waals surface area contributed by atoms with Gasteiger partial charge >= 0.3 is 0 Å². The van der Waals surface area contributed by atoms with Crippen LogP contribution in [0.4, 0.5) is 11.4 Å². The Balaban J connectivity index is 2.40. The summed E-state index contributed by atoms with van der Waals surface area (Å²) in [7, 11) is 0. The van der Waals surface area contributed by atoms with E-state index in [1.807, 2.05) is 0 Å². The van der Waals surface area contributed by atoms with Crippen LogP contribution in [0.2, 0.25) is 10.0 Å². The average Bonchev–Trinajstić information content (AvgIpc) is 2.51. The summed E-state index contributed by atoms with van der Waals surface area (Å²) in [6.07, 6.45) is 2.75. The maximum atomic E-state index is 12.4. The summed E-state index contributed by atoms with van der Waals surface area (Å²) in [6, 6.07) is 8.63. The highest BCUT2D eigenvalue weighted by molar-refractivity contribution is 6.34. The minimum atomic E-state index is -0.327. The molecule has 0 aliphatic rings. The summed E-state index contributed by atoms with van der Waals surface area (Å²) in [5.74, 6) is -0.327. The zero-order valence-corrected chi connectivity index (χ0v) is 12.4. The van der Waals surface area contributed by atoms with Crippen LogP contribution < -0.4 is 0 Å². The van der Waals surface area contributed by atoms with Crippen molar-refractivity contribution in [3.63, 3.8) is 0 Å². The van der Waals surface area contributed by atoms with E-state index in [1.165, 1.54) is 48.6 Å². The maximum Gasteiger partial charge on any atom is 0.240 e. The van der Waals surface area contributed by atoms with Crippen molar-refractivity contribution in [2.75, 3.05) is 0 Å². The number of hydrogen-bond donors (Lipinski definition) is 0. The molecule has 0 heterocycles. The molecular weight excluding hydrogens is 327 g/mol. The first-order valence-corrected chi connectivity index (χ1v) is 6.62. The number of carbonyl (C=O) groups is 1. The third kappa shape index (κ3) is 3.37. The van der Waals surface area contributed by atoms with E-state index in [4.69, 9.17) is 23.2 Å². The van der Waals surface area contributed by atoms with Crippen molar-refractivity contribution < 1.29 is 14.4 Å². The van der Waals surface area contributed by atoms with E-state index in [9.17, 15) is 14.4 Å². The molecule has 108 valence electrons. The SMILES string of the molecule is O=C=Nc1ccc(C(=O)c2ccc(N=C=O)c(Cl)c2)cc1Cl. The Bertz CT molecular complexity index is 782. The van der Waals surface area contributed by atoms with Crippen LogP contribution in [-0.2, 0) is 9.59 Å². The fourth-order valence-corrected chi connectivity index (χ4v) is 2.19. The molecule has 0 radical (unpaired) electrons. The predicted octanol–water partition coefficient (Wildman–Crippen LogP) is 4.16. The molecule has 0 spiro atoms. The van der Waals surface area contributed by atoms with E-state index in [0.29, 0.717) is 11.1 Å². The number of carbonyl (C=O) groups excluding carboxylic acids is 3. The Morgan fingerprint density at radius 3 is 1.55 bits per heavy atom. The van der Waals surface area contributed by atoms with Crippen LogP contribution in [0, 0.1) is 0 Å². The molecule has 0 aliphatic carbocycles. The van der Waals surface area contributed by atoms with Crippen LogP contribution in [0.15, 0.2) is 46.4 Å². The van der Waals surface area contributed by atoms with Gasteiger partial charge in [-0.3, -0.25) is 4.79 Å². The first kappa shape index (κ1) is 15.8. The third-order valence-corrected chi connectivity index (χ3v) is 3.36. The van der Waals surface area contributed by atoms with Crippen molar-refractivity contribution in [2.45, 2.75) is 0 Å². The van der Waals surface area contributed by atoms with Crippen LogP contribution in [0.5, 0.6) is 0 Å². The Labute approximate surface area is 134 Å². The highest BCUT2D eigenvalue weighted by Crippen LogP contribution is 2.29. The first-order chi connectivity index (χ1) is 10.6. The van der Waals surface area contributed by atoms with E-state index in [-0.39, 0.29) is 27.2 Å². The van der Waals surface area contributed by atoms with Gasteiger partial charge in [-0.15, -0.1) is 0 Å². The molecule has 5 nitrogen and oxygen atoms in total. The molecule has 0 N–H and O–H groups in total. The lowest BCUT2D eigenvalue weighted by molar-refractivity contribution is 0.103. The topological polar surface area (TPSA) is 75.9 Å². The van der Waals surface area contributed by atoms with E-state index in [1.54, 1.807) is 0 Å². The maximum absolute atomic E-state index is 12.4. The second-order valence-electron chi connectivity index (χ2n) is 4.07. The molecule has 0 aliphatic heterocycles. The fraction of sp³-hybridized carbons (Fsp3) is 0. The van der Waals surface area contributed by atoms with Crippen LogP contribution in [0.25, 0.3) is 0 Å². The minimum absolute atomic E-state index is 0.155. The van der Waals surface area contributed by atoms with Crippen molar-refractivity contribution in [3.05, 3.63) is 57.6 Å². The van der Waals surface area contributed by atoms with E-state index < -0.39 is 0 Å². The van der Waals surface area contributed by atoms with Gasteiger partial charge in [0.1, 0.15) is 0 Å². The van der Waals surface area contributed by atoms with Crippen molar-refractivity contribution in [1.82, 2.24) is 0 Å². The molecule has 2 aromatic rings. The Morgan fingerprint density at radius 2 is 1.23 bits per heavy atom. The summed E-state index contributed by atoms with van der Waals surface area (Å²) < 4.78 is 0. The number of ketones is 1. The van der Waals surface area contributed by atoms with Crippen molar-refractivity contribution in [2.24, 2.45) is 9.98 Å². The summed E-state index contributed by atoms with van der Waals surface area (Å²) in [6.45, 7) is 0. The molecule has 7 heteroatoms. The first-order valence-electron chi connectivity index (χ1n) is 5.86. The Morgan fingerprint density at radius 1 is 0.818 bits per heavy atom. The van der Waals surface area contributed by atoms with Gasteiger partial charge in [0.25, 0.3) is 0 Å². The van der Waals surface area contributed by atoms with Crippen molar-refractivity contribution >= 4 is 52.5 Å².